The standard InChI is InChI=1S/C23H34O/c1-16-12-18(14-19(13-16)24-6)15-20-17(2)8-9-21-22(3,4)10-7-11-23(20,21)5/h12-14,21H,7-11,15H2,1-6H3/t21?,23-/m1/s1. The first-order valence-corrected chi connectivity index (χ1v) is 9.60. The third-order valence-corrected chi connectivity index (χ3v) is 6.97. The Hall–Kier alpha value is -1.24. The minimum Gasteiger partial charge on any atom is -0.497 e. The van der Waals surface area contributed by atoms with Crippen LogP contribution in [0.1, 0.15) is 70.9 Å². The number of benzene rings is 1. The highest BCUT2D eigenvalue weighted by molar-refractivity contribution is 5.39. The molecule has 1 unspecified atom stereocenters. The van der Waals surface area contributed by atoms with Gasteiger partial charge in [0.25, 0.3) is 0 Å². The van der Waals surface area contributed by atoms with Crippen LogP contribution in [0.4, 0.5) is 0 Å². The van der Waals surface area contributed by atoms with E-state index in [1.165, 1.54) is 43.2 Å². The number of rotatable bonds is 3. The van der Waals surface area contributed by atoms with Crippen LogP contribution in [0.3, 0.4) is 0 Å². The number of ether oxygens (including phenoxy) is 1. The van der Waals surface area contributed by atoms with Crippen molar-refractivity contribution in [2.24, 2.45) is 16.7 Å². The van der Waals surface area contributed by atoms with Crippen LogP contribution in [-0.2, 0) is 6.42 Å². The Morgan fingerprint density at radius 1 is 1.08 bits per heavy atom. The number of hydrogen-bond donors (Lipinski definition) is 0. The van der Waals surface area contributed by atoms with Gasteiger partial charge in [-0.1, -0.05) is 44.4 Å². The van der Waals surface area contributed by atoms with Crippen LogP contribution in [-0.4, -0.2) is 7.11 Å². The Kier molecular flexibility index (Phi) is 4.57. The first-order valence-electron chi connectivity index (χ1n) is 9.60. The molecule has 1 nitrogen and oxygen atoms in total. The van der Waals surface area contributed by atoms with Crippen LogP contribution in [0.15, 0.2) is 29.3 Å². The van der Waals surface area contributed by atoms with Crippen molar-refractivity contribution in [1.29, 1.82) is 0 Å². The van der Waals surface area contributed by atoms with E-state index in [0.717, 1.165) is 18.1 Å². The second kappa shape index (κ2) is 6.24. The van der Waals surface area contributed by atoms with Gasteiger partial charge in [-0.05, 0) is 86.0 Å². The van der Waals surface area contributed by atoms with Gasteiger partial charge in [0, 0.05) is 0 Å². The molecule has 0 radical (unpaired) electrons. The maximum absolute atomic E-state index is 5.50. The molecule has 3 rings (SSSR count). The summed E-state index contributed by atoms with van der Waals surface area (Å²) in [5.41, 5.74) is 6.92. The molecular formula is C23H34O. The molecule has 0 aromatic heterocycles. The molecule has 0 N–H and O–H groups in total. The zero-order chi connectivity index (χ0) is 17.5. The predicted molar refractivity (Wildman–Crippen MR) is 103 cm³/mol. The van der Waals surface area contributed by atoms with Crippen molar-refractivity contribution in [1.82, 2.24) is 0 Å². The SMILES string of the molecule is COc1cc(C)cc(CC2=C(C)CCC3C(C)(C)CCC[C@]23C)c1. The average Bonchev–Trinajstić information content (AvgIpc) is 2.49. The van der Waals surface area contributed by atoms with E-state index in [1.54, 1.807) is 18.3 Å². The van der Waals surface area contributed by atoms with Gasteiger partial charge in [0.2, 0.25) is 0 Å². The van der Waals surface area contributed by atoms with Crippen molar-refractivity contribution in [2.45, 2.75) is 73.1 Å². The third-order valence-electron chi connectivity index (χ3n) is 6.97. The van der Waals surface area contributed by atoms with Crippen molar-refractivity contribution < 1.29 is 4.74 Å². The van der Waals surface area contributed by atoms with Gasteiger partial charge in [-0.2, -0.15) is 0 Å². The maximum atomic E-state index is 5.50. The molecule has 1 heteroatoms. The van der Waals surface area contributed by atoms with Gasteiger partial charge in [-0.15, -0.1) is 0 Å². The highest BCUT2D eigenvalue weighted by atomic mass is 16.5. The van der Waals surface area contributed by atoms with Gasteiger partial charge < -0.3 is 4.74 Å². The lowest BCUT2D eigenvalue weighted by Crippen LogP contribution is -2.45. The van der Waals surface area contributed by atoms with E-state index in [0.29, 0.717) is 10.8 Å². The van der Waals surface area contributed by atoms with Crippen molar-refractivity contribution in [2.75, 3.05) is 7.11 Å². The number of aryl methyl sites for hydroxylation is 1. The van der Waals surface area contributed by atoms with E-state index in [-0.39, 0.29) is 0 Å². The highest BCUT2D eigenvalue weighted by Gasteiger charge is 2.49. The average molecular weight is 327 g/mol. The molecule has 0 saturated heterocycles. The monoisotopic (exact) mass is 326 g/mol. The lowest BCUT2D eigenvalue weighted by molar-refractivity contribution is 0.0112. The van der Waals surface area contributed by atoms with Crippen LogP contribution in [0.5, 0.6) is 5.75 Å². The zero-order valence-corrected chi connectivity index (χ0v) is 16.5. The summed E-state index contributed by atoms with van der Waals surface area (Å²) < 4.78 is 5.50. The number of allylic oxidation sites excluding steroid dienone is 2. The lowest BCUT2D eigenvalue weighted by Gasteiger charge is -2.55. The Morgan fingerprint density at radius 3 is 2.54 bits per heavy atom. The summed E-state index contributed by atoms with van der Waals surface area (Å²) in [6, 6.07) is 6.69. The maximum Gasteiger partial charge on any atom is 0.119 e. The van der Waals surface area contributed by atoms with Gasteiger partial charge in [-0.3, -0.25) is 0 Å². The molecule has 1 saturated carbocycles. The van der Waals surface area contributed by atoms with Crippen molar-refractivity contribution in [3.63, 3.8) is 0 Å². The summed E-state index contributed by atoms with van der Waals surface area (Å²) in [6.45, 7) is 12.1. The predicted octanol–water partition coefficient (Wildman–Crippen LogP) is 6.49. The van der Waals surface area contributed by atoms with Crippen LogP contribution < -0.4 is 4.74 Å². The second-order valence-corrected chi connectivity index (χ2v) is 9.14. The van der Waals surface area contributed by atoms with Crippen LogP contribution >= 0.6 is 0 Å². The Bertz CT molecular complexity index is 652. The van der Waals surface area contributed by atoms with Crippen molar-refractivity contribution in [3.8, 4) is 5.75 Å². The molecule has 2 aliphatic carbocycles. The van der Waals surface area contributed by atoms with E-state index >= 15 is 0 Å². The zero-order valence-electron chi connectivity index (χ0n) is 16.5. The number of hydrogen-bond acceptors (Lipinski definition) is 1. The quantitative estimate of drug-likeness (QED) is 0.577. The smallest absolute Gasteiger partial charge is 0.119 e. The Morgan fingerprint density at radius 2 is 1.83 bits per heavy atom. The Labute approximate surface area is 148 Å². The van der Waals surface area contributed by atoms with Crippen LogP contribution in [0.25, 0.3) is 0 Å². The first-order chi connectivity index (χ1) is 11.3. The van der Waals surface area contributed by atoms with E-state index in [9.17, 15) is 0 Å². The molecular weight excluding hydrogens is 292 g/mol. The molecule has 0 spiro atoms. The molecule has 1 aromatic rings. The van der Waals surface area contributed by atoms with E-state index in [4.69, 9.17) is 4.74 Å². The summed E-state index contributed by atoms with van der Waals surface area (Å²) >= 11 is 0. The fraction of sp³-hybridized carbons (Fsp3) is 0.652. The minimum absolute atomic E-state index is 0.376. The fourth-order valence-electron chi connectivity index (χ4n) is 5.79. The molecule has 1 fully saturated rings. The van der Waals surface area contributed by atoms with E-state index in [2.05, 4.69) is 52.8 Å². The molecule has 24 heavy (non-hydrogen) atoms. The second-order valence-electron chi connectivity index (χ2n) is 9.14. The summed E-state index contributed by atoms with van der Waals surface area (Å²) in [7, 11) is 1.77. The summed E-state index contributed by atoms with van der Waals surface area (Å²) in [4.78, 5) is 0. The molecule has 0 heterocycles. The van der Waals surface area contributed by atoms with Crippen molar-refractivity contribution >= 4 is 0 Å². The summed E-state index contributed by atoms with van der Waals surface area (Å²) in [5.74, 6) is 1.81. The van der Waals surface area contributed by atoms with Gasteiger partial charge in [0.15, 0.2) is 0 Å². The van der Waals surface area contributed by atoms with E-state index < -0.39 is 0 Å². The van der Waals surface area contributed by atoms with Crippen LogP contribution in [0.2, 0.25) is 0 Å². The molecule has 1 aromatic carbocycles. The molecule has 0 bridgehead atoms. The van der Waals surface area contributed by atoms with Gasteiger partial charge in [0.05, 0.1) is 7.11 Å². The molecule has 2 atom stereocenters. The van der Waals surface area contributed by atoms with Crippen LogP contribution in [0, 0.1) is 23.7 Å². The summed E-state index contributed by atoms with van der Waals surface area (Å²) in [5, 5.41) is 0. The lowest BCUT2D eigenvalue weighted by atomic mass is 9.50. The van der Waals surface area contributed by atoms with E-state index in [1.807, 2.05) is 0 Å². The highest BCUT2D eigenvalue weighted by Crippen LogP contribution is 2.59. The first kappa shape index (κ1) is 17.6. The topological polar surface area (TPSA) is 9.23 Å². The normalized spacial score (nSPS) is 29.3. The summed E-state index contributed by atoms with van der Waals surface area (Å²) in [6.07, 6.45) is 7.85. The van der Waals surface area contributed by atoms with Gasteiger partial charge >= 0.3 is 0 Å². The number of fused-ring (bicyclic) bond motifs is 1. The third kappa shape index (κ3) is 3.03. The van der Waals surface area contributed by atoms with Gasteiger partial charge in [0.1, 0.15) is 5.75 Å². The Balaban J connectivity index is 1.98. The minimum atomic E-state index is 0.376. The number of methoxy groups -OCH3 is 1. The van der Waals surface area contributed by atoms with Gasteiger partial charge in [-0.25, -0.2) is 0 Å². The fourth-order valence-corrected chi connectivity index (χ4v) is 5.79. The molecule has 0 amide bonds. The molecule has 0 aliphatic heterocycles. The van der Waals surface area contributed by atoms with Crippen molar-refractivity contribution in [3.05, 3.63) is 40.5 Å². The molecule has 2 aliphatic rings. The largest absolute Gasteiger partial charge is 0.497 e. The molecule has 132 valence electrons.